The summed E-state index contributed by atoms with van der Waals surface area (Å²) < 4.78 is 7.27. The minimum absolute atomic E-state index is 0.263. The molecule has 2 heterocycles. The third-order valence-electron chi connectivity index (χ3n) is 6.28. The molecule has 2 saturated carbocycles. The van der Waals surface area contributed by atoms with Gasteiger partial charge in [0.2, 0.25) is 17.6 Å². The second-order valence-corrected chi connectivity index (χ2v) is 8.23. The lowest BCUT2D eigenvalue weighted by atomic mass is 9.81. The first-order valence-corrected chi connectivity index (χ1v) is 10.1. The molecule has 1 saturated heterocycles. The molecule has 3 fully saturated rings. The number of ether oxygens (including phenoxy) is 1. The first kappa shape index (κ1) is 18.9. The first-order valence-electron chi connectivity index (χ1n) is 10.1. The fourth-order valence-electron chi connectivity index (χ4n) is 4.74. The fraction of sp³-hybridized carbons (Fsp3) is 0.619. The quantitative estimate of drug-likeness (QED) is 0.426. The number of Topliss-reactive ketones (excluding diaryl/α,β-unsaturated/α-hetero) is 1. The molecule has 7 heteroatoms. The number of hydrogen-bond acceptors (Lipinski definition) is 5. The molecule has 0 aromatic carbocycles. The molecule has 1 aromatic heterocycles. The zero-order chi connectivity index (χ0) is 20.0. The van der Waals surface area contributed by atoms with Crippen molar-refractivity contribution in [1.29, 1.82) is 0 Å². The smallest absolute Gasteiger partial charge is 0.326 e. The molecule has 0 radical (unpaired) electrons. The number of ketones is 1. The maximum absolute atomic E-state index is 12.5. The van der Waals surface area contributed by atoms with Crippen molar-refractivity contribution in [2.45, 2.75) is 58.4 Å². The van der Waals surface area contributed by atoms with Crippen molar-refractivity contribution in [2.24, 2.45) is 11.8 Å². The summed E-state index contributed by atoms with van der Waals surface area (Å²) in [6.45, 7) is 3.09. The number of carbonyl (C=O) groups is 4. The Bertz CT molecular complexity index is 827. The summed E-state index contributed by atoms with van der Waals surface area (Å²) in [7, 11) is 0. The average molecular weight is 386 g/mol. The molecule has 0 bridgehead atoms. The van der Waals surface area contributed by atoms with Gasteiger partial charge in [-0.1, -0.05) is 12.8 Å². The summed E-state index contributed by atoms with van der Waals surface area (Å²) in [6, 6.07) is 2.31. The lowest BCUT2D eigenvalue weighted by Gasteiger charge is -2.19. The van der Waals surface area contributed by atoms with Crippen LogP contribution in [0.25, 0.3) is 0 Å². The SMILES string of the molecule is Cc1cc(C(=O)COC(=O)CN2C(=O)[C@H]3CCCC[C@@H]3C2=O)c(C)n1C1CC1. The molecule has 0 N–H and O–H groups in total. The van der Waals surface area contributed by atoms with Crippen LogP contribution < -0.4 is 0 Å². The van der Waals surface area contributed by atoms with Crippen LogP contribution in [0, 0.1) is 25.7 Å². The summed E-state index contributed by atoms with van der Waals surface area (Å²) in [5, 5.41) is 0. The Kier molecular flexibility index (Phi) is 4.85. The number of imide groups is 1. The molecule has 2 aliphatic carbocycles. The van der Waals surface area contributed by atoms with E-state index in [9.17, 15) is 19.2 Å². The molecular weight excluding hydrogens is 360 g/mol. The van der Waals surface area contributed by atoms with Crippen molar-refractivity contribution in [1.82, 2.24) is 9.47 Å². The monoisotopic (exact) mass is 386 g/mol. The van der Waals surface area contributed by atoms with E-state index >= 15 is 0 Å². The fourth-order valence-corrected chi connectivity index (χ4v) is 4.74. The van der Waals surface area contributed by atoms with Gasteiger partial charge in [-0.2, -0.15) is 0 Å². The van der Waals surface area contributed by atoms with Crippen LogP contribution >= 0.6 is 0 Å². The molecule has 28 heavy (non-hydrogen) atoms. The topological polar surface area (TPSA) is 85.7 Å². The second kappa shape index (κ2) is 7.18. The molecule has 0 spiro atoms. The van der Waals surface area contributed by atoms with Crippen LogP contribution in [0.5, 0.6) is 0 Å². The van der Waals surface area contributed by atoms with Gasteiger partial charge in [-0.3, -0.25) is 24.1 Å². The Balaban J connectivity index is 1.35. The van der Waals surface area contributed by atoms with Crippen molar-refractivity contribution < 1.29 is 23.9 Å². The number of aryl methyl sites for hydroxylation is 1. The molecule has 2 atom stereocenters. The maximum Gasteiger partial charge on any atom is 0.326 e. The summed E-state index contributed by atoms with van der Waals surface area (Å²) in [6.07, 6.45) is 5.53. The van der Waals surface area contributed by atoms with Crippen LogP contribution in [0.2, 0.25) is 0 Å². The molecule has 4 rings (SSSR count). The lowest BCUT2D eigenvalue weighted by Crippen LogP contribution is -2.37. The summed E-state index contributed by atoms with van der Waals surface area (Å²) in [5.41, 5.74) is 2.50. The molecule has 1 aliphatic heterocycles. The van der Waals surface area contributed by atoms with Crippen LogP contribution in [0.1, 0.15) is 66.3 Å². The van der Waals surface area contributed by atoms with Crippen LogP contribution in [-0.4, -0.2) is 46.2 Å². The third-order valence-corrected chi connectivity index (χ3v) is 6.28. The van der Waals surface area contributed by atoms with Gasteiger partial charge in [0.1, 0.15) is 6.54 Å². The third kappa shape index (κ3) is 3.27. The molecule has 1 aromatic rings. The lowest BCUT2D eigenvalue weighted by molar-refractivity contribution is -0.152. The number of fused-ring (bicyclic) bond motifs is 1. The van der Waals surface area contributed by atoms with E-state index in [0.717, 1.165) is 42.0 Å². The van der Waals surface area contributed by atoms with Gasteiger partial charge < -0.3 is 9.30 Å². The van der Waals surface area contributed by atoms with Crippen molar-refractivity contribution in [3.05, 3.63) is 23.0 Å². The highest BCUT2D eigenvalue weighted by Crippen LogP contribution is 2.39. The summed E-state index contributed by atoms with van der Waals surface area (Å²) in [5.74, 6) is -2.10. The molecule has 2 amide bonds. The number of rotatable bonds is 6. The average Bonchev–Trinajstić information content (AvgIpc) is 3.43. The van der Waals surface area contributed by atoms with E-state index in [-0.39, 0.29) is 36.0 Å². The Morgan fingerprint density at radius 2 is 1.64 bits per heavy atom. The predicted octanol–water partition coefficient (Wildman–Crippen LogP) is 2.34. The number of aromatic nitrogens is 1. The van der Waals surface area contributed by atoms with E-state index in [0.29, 0.717) is 24.4 Å². The van der Waals surface area contributed by atoms with Crippen LogP contribution in [0.15, 0.2) is 6.07 Å². The van der Waals surface area contributed by atoms with Gasteiger partial charge in [0.05, 0.1) is 11.8 Å². The Hall–Kier alpha value is -2.44. The summed E-state index contributed by atoms with van der Waals surface area (Å²) in [4.78, 5) is 50.6. The van der Waals surface area contributed by atoms with Crippen LogP contribution in [0.4, 0.5) is 0 Å². The van der Waals surface area contributed by atoms with E-state index in [4.69, 9.17) is 4.74 Å². The van der Waals surface area contributed by atoms with E-state index < -0.39 is 12.5 Å². The molecular formula is C21H26N2O5. The highest BCUT2D eigenvalue weighted by atomic mass is 16.5. The van der Waals surface area contributed by atoms with Crippen molar-refractivity contribution in [2.75, 3.05) is 13.2 Å². The number of hydrogen-bond donors (Lipinski definition) is 0. The Labute approximate surface area is 164 Å². The van der Waals surface area contributed by atoms with Crippen molar-refractivity contribution >= 4 is 23.6 Å². The summed E-state index contributed by atoms with van der Waals surface area (Å²) >= 11 is 0. The van der Waals surface area contributed by atoms with E-state index in [1.54, 1.807) is 0 Å². The molecule has 7 nitrogen and oxygen atoms in total. The highest BCUT2D eigenvalue weighted by Gasteiger charge is 2.48. The maximum atomic E-state index is 12.5. The number of nitrogens with zero attached hydrogens (tertiary/aromatic N) is 2. The van der Waals surface area contributed by atoms with E-state index in [2.05, 4.69) is 4.57 Å². The van der Waals surface area contributed by atoms with Crippen LogP contribution in [-0.2, 0) is 19.1 Å². The number of likely N-dealkylation sites (tertiary alicyclic amines) is 1. The number of amides is 2. The van der Waals surface area contributed by atoms with Gasteiger partial charge in [0.15, 0.2) is 6.61 Å². The zero-order valence-corrected chi connectivity index (χ0v) is 16.4. The highest BCUT2D eigenvalue weighted by molar-refractivity contribution is 6.07. The van der Waals surface area contributed by atoms with Crippen molar-refractivity contribution in [3.63, 3.8) is 0 Å². The van der Waals surface area contributed by atoms with E-state index in [1.165, 1.54) is 0 Å². The first-order chi connectivity index (χ1) is 13.4. The number of esters is 1. The van der Waals surface area contributed by atoms with Gasteiger partial charge in [-0.05, 0) is 45.6 Å². The standard InChI is InChI=1S/C21H26N2O5/c1-12-9-17(13(2)23(12)14-7-8-14)18(24)11-28-19(25)10-22-20(26)15-5-3-4-6-16(15)21(22)27/h9,14-16H,3-8,10-11H2,1-2H3/t15-,16-/m0/s1. The zero-order valence-electron chi connectivity index (χ0n) is 16.4. The molecule has 0 unspecified atom stereocenters. The normalized spacial score (nSPS) is 24.4. The second-order valence-electron chi connectivity index (χ2n) is 8.23. The molecule has 3 aliphatic rings. The van der Waals surface area contributed by atoms with Crippen molar-refractivity contribution in [3.8, 4) is 0 Å². The Morgan fingerprint density at radius 1 is 1.04 bits per heavy atom. The minimum atomic E-state index is -0.718. The van der Waals surface area contributed by atoms with Gasteiger partial charge >= 0.3 is 5.97 Å². The van der Waals surface area contributed by atoms with Crippen LogP contribution in [0.3, 0.4) is 0 Å². The van der Waals surface area contributed by atoms with Gasteiger partial charge in [0.25, 0.3) is 0 Å². The van der Waals surface area contributed by atoms with Gasteiger partial charge in [-0.15, -0.1) is 0 Å². The van der Waals surface area contributed by atoms with E-state index in [1.807, 2.05) is 19.9 Å². The molecule has 150 valence electrons. The van der Waals surface area contributed by atoms with Gasteiger partial charge in [0, 0.05) is 23.0 Å². The predicted molar refractivity (Wildman–Crippen MR) is 99.6 cm³/mol. The Morgan fingerprint density at radius 3 is 2.21 bits per heavy atom. The number of carbonyl (C=O) groups excluding carboxylic acids is 4. The van der Waals surface area contributed by atoms with Gasteiger partial charge in [-0.25, -0.2) is 0 Å². The minimum Gasteiger partial charge on any atom is -0.456 e. The largest absolute Gasteiger partial charge is 0.456 e.